The second-order valence-corrected chi connectivity index (χ2v) is 3.18. The summed E-state index contributed by atoms with van der Waals surface area (Å²) in [7, 11) is 0. The second-order valence-electron chi connectivity index (χ2n) is 3.18. The van der Waals surface area contributed by atoms with Gasteiger partial charge in [-0.15, -0.1) is 0 Å². The molecule has 0 aliphatic rings. The Hall–Kier alpha value is -1.96. The van der Waals surface area contributed by atoms with E-state index in [1.165, 1.54) is 6.07 Å². The average molecular weight is 200 g/mol. The number of benzene rings is 2. The van der Waals surface area contributed by atoms with Crippen LogP contribution in [0.4, 0.5) is 4.39 Å². The molecule has 0 fully saturated rings. The van der Waals surface area contributed by atoms with E-state index in [1.807, 2.05) is 0 Å². The molecule has 0 N–H and O–H groups in total. The van der Waals surface area contributed by atoms with Crippen LogP contribution in [0.25, 0.3) is 11.1 Å². The Kier molecular flexibility index (Phi) is 2.59. The Bertz CT molecular complexity index is 491. The number of hydrogen-bond acceptors (Lipinski definition) is 1. The summed E-state index contributed by atoms with van der Waals surface area (Å²) in [4.78, 5) is 10.8. The predicted molar refractivity (Wildman–Crippen MR) is 57.2 cm³/mol. The van der Waals surface area contributed by atoms with Gasteiger partial charge >= 0.3 is 0 Å². The minimum absolute atomic E-state index is 0.313. The highest BCUT2D eigenvalue weighted by atomic mass is 19.1. The summed E-state index contributed by atoms with van der Waals surface area (Å²) in [6.07, 6.45) is 0.738. The Balaban J connectivity index is 2.64. The first-order valence-electron chi connectivity index (χ1n) is 4.62. The Labute approximate surface area is 87.2 Å². The molecule has 0 aromatic heterocycles. The zero-order chi connectivity index (χ0) is 10.7. The van der Waals surface area contributed by atoms with E-state index in [1.54, 1.807) is 42.5 Å². The van der Waals surface area contributed by atoms with Crippen molar-refractivity contribution in [2.45, 2.75) is 0 Å². The fraction of sp³-hybridized carbons (Fsp3) is 0. The van der Waals surface area contributed by atoms with Crippen molar-refractivity contribution < 1.29 is 9.18 Å². The van der Waals surface area contributed by atoms with Crippen LogP contribution in [-0.2, 0) is 0 Å². The van der Waals surface area contributed by atoms with Gasteiger partial charge < -0.3 is 0 Å². The maximum Gasteiger partial charge on any atom is 0.150 e. The molecule has 2 rings (SSSR count). The molecule has 0 amide bonds. The molecule has 0 aliphatic carbocycles. The molecule has 0 aliphatic heterocycles. The lowest BCUT2D eigenvalue weighted by molar-refractivity contribution is 0.112. The van der Waals surface area contributed by atoms with Gasteiger partial charge in [0.2, 0.25) is 0 Å². The monoisotopic (exact) mass is 200 g/mol. The highest BCUT2D eigenvalue weighted by Crippen LogP contribution is 2.24. The molecule has 1 nitrogen and oxygen atoms in total. The standard InChI is InChI=1S/C13H9FO/c14-13-8-4-3-7-12(13)11-6-2-1-5-10(11)9-15/h1-9H. The Morgan fingerprint density at radius 1 is 0.867 bits per heavy atom. The first-order chi connectivity index (χ1) is 7.33. The van der Waals surface area contributed by atoms with Gasteiger partial charge in [0.15, 0.2) is 6.29 Å². The molecule has 2 aromatic carbocycles. The van der Waals surface area contributed by atoms with Gasteiger partial charge in [-0.25, -0.2) is 4.39 Å². The van der Waals surface area contributed by atoms with Crippen molar-refractivity contribution >= 4 is 6.29 Å². The van der Waals surface area contributed by atoms with Crippen molar-refractivity contribution in [2.24, 2.45) is 0 Å². The topological polar surface area (TPSA) is 17.1 Å². The van der Waals surface area contributed by atoms with E-state index < -0.39 is 0 Å². The van der Waals surface area contributed by atoms with Gasteiger partial charge in [-0.3, -0.25) is 4.79 Å². The van der Waals surface area contributed by atoms with Crippen LogP contribution in [-0.4, -0.2) is 6.29 Å². The Morgan fingerprint density at radius 3 is 2.13 bits per heavy atom. The Morgan fingerprint density at radius 2 is 1.47 bits per heavy atom. The molecule has 15 heavy (non-hydrogen) atoms. The van der Waals surface area contributed by atoms with Crippen LogP contribution < -0.4 is 0 Å². The molecule has 0 spiro atoms. The van der Waals surface area contributed by atoms with E-state index in [4.69, 9.17) is 0 Å². The number of carbonyl (C=O) groups is 1. The van der Waals surface area contributed by atoms with Crippen molar-refractivity contribution in [1.29, 1.82) is 0 Å². The summed E-state index contributed by atoms with van der Waals surface area (Å²) < 4.78 is 13.5. The fourth-order valence-electron chi connectivity index (χ4n) is 1.52. The van der Waals surface area contributed by atoms with Gasteiger partial charge in [0.05, 0.1) is 0 Å². The summed E-state index contributed by atoms with van der Waals surface area (Å²) >= 11 is 0. The number of carbonyl (C=O) groups excluding carboxylic acids is 1. The van der Waals surface area contributed by atoms with Gasteiger partial charge in [0.25, 0.3) is 0 Å². The third-order valence-electron chi connectivity index (χ3n) is 2.25. The lowest BCUT2D eigenvalue weighted by Crippen LogP contribution is -1.89. The number of halogens is 1. The normalized spacial score (nSPS) is 9.93. The summed E-state index contributed by atoms with van der Waals surface area (Å²) in [6, 6.07) is 13.4. The number of aldehydes is 1. The minimum Gasteiger partial charge on any atom is -0.298 e. The molecular weight excluding hydrogens is 191 g/mol. The number of rotatable bonds is 2. The summed E-state index contributed by atoms with van der Waals surface area (Å²) in [5.41, 5.74) is 1.59. The van der Waals surface area contributed by atoms with Crippen LogP contribution in [0.15, 0.2) is 48.5 Å². The first kappa shape index (κ1) is 9.59. The van der Waals surface area contributed by atoms with Crippen LogP contribution in [0.1, 0.15) is 10.4 Å². The van der Waals surface area contributed by atoms with E-state index >= 15 is 0 Å². The first-order valence-corrected chi connectivity index (χ1v) is 4.62. The number of hydrogen-bond donors (Lipinski definition) is 0. The third kappa shape index (κ3) is 1.79. The molecule has 0 bridgehead atoms. The van der Waals surface area contributed by atoms with E-state index in [-0.39, 0.29) is 5.82 Å². The van der Waals surface area contributed by atoms with Crippen LogP contribution >= 0.6 is 0 Å². The van der Waals surface area contributed by atoms with E-state index in [2.05, 4.69) is 0 Å². The van der Waals surface area contributed by atoms with Crippen molar-refractivity contribution in [3.63, 3.8) is 0 Å². The molecule has 0 heterocycles. The van der Waals surface area contributed by atoms with Crippen LogP contribution in [0, 0.1) is 5.82 Å². The van der Waals surface area contributed by atoms with Gasteiger partial charge in [-0.05, 0) is 11.6 Å². The highest BCUT2D eigenvalue weighted by Gasteiger charge is 2.07. The zero-order valence-corrected chi connectivity index (χ0v) is 7.98. The maximum atomic E-state index is 13.5. The smallest absolute Gasteiger partial charge is 0.150 e. The van der Waals surface area contributed by atoms with Crippen molar-refractivity contribution in [3.05, 3.63) is 59.9 Å². The maximum absolute atomic E-state index is 13.5. The highest BCUT2D eigenvalue weighted by molar-refractivity contribution is 5.87. The summed E-state index contributed by atoms with van der Waals surface area (Å²) in [5, 5.41) is 0. The predicted octanol–water partition coefficient (Wildman–Crippen LogP) is 3.31. The largest absolute Gasteiger partial charge is 0.298 e. The van der Waals surface area contributed by atoms with Crippen LogP contribution in [0.3, 0.4) is 0 Å². The molecule has 0 unspecified atom stereocenters. The van der Waals surface area contributed by atoms with Crippen LogP contribution in [0.2, 0.25) is 0 Å². The van der Waals surface area contributed by atoms with E-state index in [0.29, 0.717) is 16.7 Å². The van der Waals surface area contributed by atoms with E-state index in [9.17, 15) is 9.18 Å². The molecule has 2 heteroatoms. The lowest BCUT2D eigenvalue weighted by Gasteiger charge is -2.05. The minimum atomic E-state index is -0.313. The third-order valence-corrected chi connectivity index (χ3v) is 2.25. The molecule has 74 valence electrons. The zero-order valence-electron chi connectivity index (χ0n) is 7.98. The quantitative estimate of drug-likeness (QED) is 0.680. The lowest BCUT2D eigenvalue weighted by atomic mass is 10.0. The SMILES string of the molecule is O=Cc1ccccc1-c1ccccc1F. The molecular formula is C13H9FO. The van der Waals surface area contributed by atoms with Gasteiger partial charge in [-0.2, -0.15) is 0 Å². The summed E-state index contributed by atoms with van der Waals surface area (Å²) in [6.45, 7) is 0. The molecule has 2 aromatic rings. The fourth-order valence-corrected chi connectivity index (χ4v) is 1.52. The molecule has 0 atom stereocenters. The molecule has 0 saturated carbocycles. The summed E-state index contributed by atoms with van der Waals surface area (Å²) in [5.74, 6) is -0.313. The van der Waals surface area contributed by atoms with Crippen molar-refractivity contribution in [2.75, 3.05) is 0 Å². The van der Waals surface area contributed by atoms with E-state index in [0.717, 1.165) is 6.29 Å². The molecule has 0 radical (unpaired) electrons. The second kappa shape index (κ2) is 4.05. The van der Waals surface area contributed by atoms with Crippen molar-refractivity contribution in [3.8, 4) is 11.1 Å². The van der Waals surface area contributed by atoms with Gasteiger partial charge in [-0.1, -0.05) is 42.5 Å². The average Bonchev–Trinajstić information content (AvgIpc) is 2.30. The van der Waals surface area contributed by atoms with Crippen LogP contribution in [0.5, 0.6) is 0 Å². The van der Waals surface area contributed by atoms with Gasteiger partial charge in [0, 0.05) is 11.1 Å². The van der Waals surface area contributed by atoms with Crippen molar-refractivity contribution in [1.82, 2.24) is 0 Å². The molecule has 0 saturated heterocycles. The van der Waals surface area contributed by atoms with Gasteiger partial charge in [0.1, 0.15) is 5.82 Å².